The van der Waals surface area contributed by atoms with Crippen LogP contribution in [0.2, 0.25) is 0 Å². The van der Waals surface area contributed by atoms with Gasteiger partial charge in [0.25, 0.3) is 0 Å². The fraction of sp³-hybridized carbons (Fsp3) is 0.429. The van der Waals surface area contributed by atoms with Crippen LogP contribution in [0.4, 0.5) is 5.82 Å². The molecule has 1 heterocycles. The predicted molar refractivity (Wildman–Crippen MR) is 78.8 cm³/mol. The van der Waals surface area contributed by atoms with E-state index in [4.69, 9.17) is 14.2 Å². The standard InChI is InChI=1S/C14H19N3O5/c1-4-8-22-13(19)7-5-6-11(18)15-10-9-12(20-2)17-14(16-10)21-3/h4,9H,1,5-8H2,2-3H3,(H,15,16,17,18). The summed E-state index contributed by atoms with van der Waals surface area (Å²) in [4.78, 5) is 30.9. The van der Waals surface area contributed by atoms with Crippen molar-refractivity contribution in [2.75, 3.05) is 26.1 Å². The minimum absolute atomic E-state index is 0.0858. The Morgan fingerprint density at radius 3 is 2.68 bits per heavy atom. The molecule has 0 aliphatic rings. The molecule has 0 fully saturated rings. The fourth-order valence-corrected chi connectivity index (χ4v) is 1.49. The summed E-state index contributed by atoms with van der Waals surface area (Å²) in [6.07, 6.45) is 2.19. The summed E-state index contributed by atoms with van der Waals surface area (Å²) in [6.45, 7) is 3.61. The van der Waals surface area contributed by atoms with E-state index in [9.17, 15) is 9.59 Å². The topological polar surface area (TPSA) is 99.6 Å². The molecule has 8 nitrogen and oxygen atoms in total. The summed E-state index contributed by atoms with van der Waals surface area (Å²) < 4.78 is 14.7. The number of amides is 1. The van der Waals surface area contributed by atoms with Gasteiger partial charge in [-0.2, -0.15) is 9.97 Å². The van der Waals surface area contributed by atoms with E-state index in [0.717, 1.165) is 0 Å². The quantitative estimate of drug-likeness (QED) is 0.542. The highest BCUT2D eigenvalue weighted by Crippen LogP contribution is 2.17. The van der Waals surface area contributed by atoms with E-state index in [2.05, 4.69) is 21.9 Å². The van der Waals surface area contributed by atoms with Crippen LogP contribution in [0.25, 0.3) is 0 Å². The van der Waals surface area contributed by atoms with Crippen molar-refractivity contribution in [3.05, 3.63) is 18.7 Å². The molecule has 1 aromatic rings. The van der Waals surface area contributed by atoms with Gasteiger partial charge in [0.15, 0.2) is 0 Å². The van der Waals surface area contributed by atoms with Gasteiger partial charge in [0.2, 0.25) is 11.8 Å². The van der Waals surface area contributed by atoms with Gasteiger partial charge in [-0.05, 0) is 6.42 Å². The van der Waals surface area contributed by atoms with Crippen molar-refractivity contribution in [3.8, 4) is 11.9 Å². The van der Waals surface area contributed by atoms with Crippen LogP contribution in [-0.2, 0) is 14.3 Å². The molecular weight excluding hydrogens is 290 g/mol. The SMILES string of the molecule is C=CCOC(=O)CCCC(=O)Nc1cc(OC)nc(OC)n1. The normalized spacial score (nSPS) is 9.73. The van der Waals surface area contributed by atoms with Gasteiger partial charge in [0, 0.05) is 18.9 Å². The number of carbonyl (C=O) groups excluding carboxylic acids is 2. The molecule has 1 aromatic heterocycles. The van der Waals surface area contributed by atoms with Crippen molar-refractivity contribution in [1.29, 1.82) is 0 Å². The van der Waals surface area contributed by atoms with Gasteiger partial charge >= 0.3 is 12.0 Å². The average molecular weight is 309 g/mol. The lowest BCUT2D eigenvalue weighted by Gasteiger charge is -2.07. The lowest BCUT2D eigenvalue weighted by Crippen LogP contribution is -2.14. The zero-order valence-corrected chi connectivity index (χ0v) is 12.6. The van der Waals surface area contributed by atoms with E-state index >= 15 is 0 Å². The van der Waals surface area contributed by atoms with Crippen LogP contribution in [-0.4, -0.2) is 42.7 Å². The van der Waals surface area contributed by atoms with Crippen molar-refractivity contribution in [1.82, 2.24) is 9.97 Å². The highest BCUT2D eigenvalue weighted by atomic mass is 16.5. The Balaban J connectivity index is 2.44. The molecule has 1 N–H and O–H groups in total. The number of carbonyl (C=O) groups is 2. The third-order valence-corrected chi connectivity index (χ3v) is 2.49. The van der Waals surface area contributed by atoms with Crippen LogP contribution in [0, 0.1) is 0 Å². The maximum atomic E-state index is 11.8. The third-order valence-electron chi connectivity index (χ3n) is 2.49. The second-order valence-electron chi connectivity index (χ2n) is 4.16. The molecule has 120 valence electrons. The van der Waals surface area contributed by atoms with E-state index < -0.39 is 0 Å². The minimum atomic E-state index is -0.363. The lowest BCUT2D eigenvalue weighted by atomic mass is 10.2. The Bertz CT molecular complexity index is 511. The molecule has 0 unspecified atom stereocenters. The van der Waals surface area contributed by atoms with Gasteiger partial charge in [-0.3, -0.25) is 9.59 Å². The van der Waals surface area contributed by atoms with E-state index in [0.29, 0.717) is 6.42 Å². The van der Waals surface area contributed by atoms with Crippen LogP contribution < -0.4 is 14.8 Å². The number of nitrogens with zero attached hydrogens (tertiary/aromatic N) is 2. The first-order valence-electron chi connectivity index (χ1n) is 6.62. The van der Waals surface area contributed by atoms with Crippen molar-refractivity contribution in [2.45, 2.75) is 19.3 Å². The molecule has 0 aliphatic carbocycles. The monoisotopic (exact) mass is 309 g/mol. The number of esters is 1. The smallest absolute Gasteiger partial charge is 0.321 e. The van der Waals surface area contributed by atoms with Crippen molar-refractivity contribution >= 4 is 17.7 Å². The van der Waals surface area contributed by atoms with E-state index in [-0.39, 0.29) is 49.0 Å². The second-order valence-corrected chi connectivity index (χ2v) is 4.16. The fourth-order valence-electron chi connectivity index (χ4n) is 1.49. The van der Waals surface area contributed by atoms with E-state index in [1.54, 1.807) is 0 Å². The molecule has 1 rings (SSSR count). The minimum Gasteiger partial charge on any atom is -0.481 e. The molecule has 0 radical (unpaired) electrons. The zero-order chi connectivity index (χ0) is 16.4. The Labute approximate surface area is 128 Å². The summed E-state index contributed by atoms with van der Waals surface area (Å²) in [7, 11) is 2.86. The number of ether oxygens (including phenoxy) is 3. The number of hydrogen-bond donors (Lipinski definition) is 1. The highest BCUT2D eigenvalue weighted by molar-refractivity contribution is 5.90. The lowest BCUT2D eigenvalue weighted by molar-refractivity contribution is -0.142. The van der Waals surface area contributed by atoms with Gasteiger partial charge in [-0.15, -0.1) is 0 Å². The van der Waals surface area contributed by atoms with Crippen LogP contribution in [0.1, 0.15) is 19.3 Å². The summed E-state index contributed by atoms with van der Waals surface area (Å²) >= 11 is 0. The maximum absolute atomic E-state index is 11.8. The molecular formula is C14H19N3O5. The third kappa shape index (κ3) is 6.21. The molecule has 0 atom stereocenters. The van der Waals surface area contributed by atoms with Gasteiger partial charge in [-0.25, -0.2) is 0 Å². The van der Waals surface area contributed by atoms with Gasteiger partial charge in [0.1, 0.15) is 12.4 Å². The first-order valence-corrected chi connectivity index (χ1v) is 6.62. The molecule has 1 amide bonds. The number of hydrogen-bond acceptors (Lipinski definition) is 7. The molecule has 0 bridgehead atoms. The largest absolute Gasteiger partial charge is 0.481 e. The zero-order valence-electron chi connectivity index (χ0n) is 12.6. The molecule has 8 heteroatoms. The van der Waals surface area contributed by atoms with Crippen LogP contribution >= 0.6 is 0 Å². The number of nitrogens with one attached hydrogen (secondary N) is 1. The number of anilines is 1. The molecule has 0 aliphatic heterocycles. The van der Waals surface area contributed by atoms with Gasteiger partial charge in [-0.1, -0.05) is 12.7 Å². The van der Waals surface area contributed by atoms with Crippen molar-refractivity contribution in [2.24, 2.45) is 0 Å². The van der Waals surface area contributed by atoms with E-state index in [1.807, 2.05) is 0 Å². The Hall–Kier alpha value is -2.64. The average Bonchev–Trinajstić information content (AvgIpc) is 2.52. The summed E-state index contributed by atoms with van der Waals surface area (Å²) in [5, 5.41) is 2.59. The van der Waals surface area contributed by atoms with Gasteiger partial charge in [0.05, 0.1) is 14.2 Å². The molecule has 0 saturated heterocycles. The number of aromatic nitrogens is 2. The highest BCUT2D eigenvalue weighted by Gasteiger charge is 2.10. The van der Waals surface area contributed by atoms with E-state index in [1.165, 1.54) is 26.4 Å². The Kier molecular flexibility index (Phi) is 7.38. The van der Waals surface area contributed by atoms with Crippen molar-refractivity contribution < 1.29 is 23.8 Å². The first kappa shape index (κ1) is 17.4. The summed E-state index contributed by atoms with van der Waals surface area (Å²) in [6, 6.07) is 1.56. The van der Waals surface area contributed by atoms with Crippen molar-refractivity contribution in [3.63, 3.8) is 0 Å². The maximum Gasteiger partial charge on any atom is 0.321 e. The number of methoxy groups -OCH3 is 2. The first-order chi connectivity index (χ1) is 10.6. The van der Waals surface area contributed by atoms with Gasteiger partial charge < -0.3 is 19.5 Å². The van der Waals surface area contributed by atoms with Crippen LogP contribution in [0.3, 0.4) is 0 Å². The summed E-state index contributed by atoms with van der Waals surface area (Å²) in [5.74, 6) is -0.101. The Morgan fingerprint density at radius 1 is 1.27 bits per heavy atom. The van der Waals surface area contributed by atoms with Crippen LogP contribution in [0.15, 0.2) is 18.7 Å². The second kappa shape index (κ2) is 9.32. The molecule has 0 spiro atoms. The Morgan fingerprint density at radius 2 is 2.05 bits per heavy atom. The summed E-state index contributed by atoms with van der Waals surface area (Å²) in [5.41, 5.74) is 0. The predicted octanol–water partition coefficient (Wildman–Crippen LogP) is 1.33. The van der Waals surface area contributed by atoms with Crippen LogP contribution in [0.5, 0.6) is 11.9 Å². The molecule has 22 heavy (non-hydrogen) atoms. The molecule has 0 saturated carbocycles. The number of rotatable bonds is 9. The molecule has 0 aromatic carbocycles.